The summed E-state index contributed by atoms with van der Waals surface area (Å²) in [6.07, 6.45) is 5.04. The molecule has 0 aromatic heterocycles. The number of carbonyl (C=O) groups is 2. The average molecular weight is 322 g/mol. The van der Waals surface area contributed by atoms with Crippen LogP contribution in [0, 0.1) is 0 Å². The Balaban J connectivity index is 2.62. The average Bonchev–Trinajstić information content (AvgIpc) is 2.49. The van der Waals surface area contributed by atoms with Gasteiger partial charge >= 0.3 is 11.9 Å². The van der Waals surface area contributed by atoms with E-state index in [-0.39, 0.29) is 12.8 Å². The monoisotopic (exact) mass is 322 g/mol. The largest absolute Gasteiger partial charge is 0.494 e. The summed E-state index contributed by atoms with van der Waals surface area (Å²) in [6, 6.07) is 6.01. The van der Waals surface area contributed by atoms with Crippen LogP contribution in [-0.2, 0) is 22.4 Å². The van der Waals surface area contributed by atoms with E-state index in [0.29, 0.717) is 19.4 Å². The molecule has 0 unspecified atom stereocenters. The molecule has 0 aliphatic carbocycles. The van der Waals surface area contributed by atoms with Gasteiger partial charge in [-0.3, -0.25) is 9.59 Å². The number of carboxylic acids is 2. The number of benzene rings is 1. The second-order valence-corrected chi connectivity index (χ2v) is 5.57. The Morgan fingerprint density at radius 3 is 2.00 bits per heavy atom. The number of ether oxygens (including phenoxy) is 1. The van der Waals surface area contributed by atoms with Gasteiger partial charge in [-0.05, 0) is 68.7 Å². The molecule has 0 amide bonds. The molecule has 0 fully saturated rings. The molecule has 0 heterocycles. The summed E-state index contributed by atoms with van der Waals surface area (Å²) in [5.74, 6) is -0.692. The van der Waals surface area contributed by atoms with Gasteiger partial charge in [0.25, 0.3) is 0 Å². The fourth-order valence-electron chi connectivity index (χ4n) is 2.52. The predicted octanol–water partition coefficient (Wildman–Crippen LogP) is 3.68. The van der Waals surface area contributed by atoms with E-state index in [1.54, 1.807) is 0 Å². The highest BCUT2D eigenvalue weighted by molar-refractivity contribution is 5.66. The van der Waals surface area contributed by atoms with E-state index in [1.807, 2.05) is 25.1 Å². The van der Waals surface area contributed by atoms with Crippen LogP contribution in [0.1, 0.15) is 56.6 Å². The lowest BCUT2D eigenvalue weighted by atomic mass is 9.96. The van der Waals surface area contributed by atoms with E-state index >= 15 is 0 Å². The molecule has 1 rings (SSSR count). The third kappa shape index (κ3) is 8.24. The van der Waals surface area contributed by atoms with Gasteiger partial charge in [-0.1, -0.05) is 6.07 Å². The zero-order valence-electron chi connectivity index (χ0n) is 13.7. The molecule has 0 saturated heterocycles. The van der Waals surface area contributed by atoms with Gasteiger partial charge in [-0.2, -0.15) is 0 Å². The van der Waals surface area contributed by atoms with Gasteiger partial charge in [-0.15, -0.1) is 0 Å². The summed E-state index contributed by atoms with van der Waals surface area (Å²) >= 11 is 0. The number of aliphatic carboxylic acids is 2. The predicted molar refractivity (Wildman–Crippen MR) is 88.0 cm³/mol. The molecule has 2 N–H and O–H groups in total. The standard InChI is InChI=1S/C18H26O5/c1-2-23-16-12-11-14(7-3-5-9-17(19)20)15(13-16)8-4-6-10-18(21)22/h11-13H,2-10H2,1H3,(H,19,20)(H,21,22). The van der Waals surface area contributed by atoms with E-state index in [2.05, 4.69) is 0 Å². The van der Waals surface area contributed by atoms with Crippen molar-refractivity contribution in [1.29, 1.82) is 0 Å². The first-order valence-electron chi connectivity index (χ1n) is 8.21. The number of rotatable bonds is 12. The molecule has 1 aromatic rings. The molecule has 0 radical (unpaired) electrons. The zero-order chi connectivity index (χ0) is 17.1. The van der Waals surface area contributed by atoms with Crippen LogP contribution in [0.15, 0.2) is 18.2 Å². The van der Waals surface area contributed by atoms with Gasteiger partial charge in [-0.25, -0.2) is 0 Å². The van der Waals surface area contributed by atoms with Crippen LogP contribution in [0.3, 0.4) is 0 Å². The van der Waals surface area contributed by atoms with Crippen molar-refractivity contribution in [3.8, 4) is 5.75 Å². The van der Waals surface area contributed by atoms with Crippen molar-refractivity contribution in [2.24, 2.45) is 0 Å². The van der Waals surface area contributed by atoms with Crippen LogP contribution in [0.25, 0.3) is 0 Å². The summed E-state index contributed by atoms with van der Waals surface area (Å²) in [5, 5.41) is 17.4. The van der Waals surface area contributed by atoms with Crippen molar-refractivity contribution in [2.75, 3.05) is 6.61 Å². The Hall–Kier alpha value is -2.04. The third-order valence-electron chi connectivity index (χ3n) is 3.66. The fraction of sp³-hybridized carbons (Fsp3) is 0.556. The van der Waals surface area contributed by atoms with Gasteiger partial charge in [0.1, 0.15) is 5.75 Å². The quantitative estimate of drug-likeness (QED) is 0.573. The van der Waals surface area contributed by atoms with Crippen LogP contribution >= 0.6 is 0 Å². The second-order valence-electron chi connectivity index (χ2n) is 5.57. The van der Waals surface area contributed by atoms with Crippen molar-refractivity contribution in [3.05, 3.63) is 29.3 Å². The molecule has 0 aliphatic heterocycles. The van der Waals surface area contributed by atoms with Gasteiger partial charge in [0, 0.05) is 12.8 Å². The summed E-state index contributed by atoms with van der Waals surface area (Å²) in [4.78, 5) is 21.1. The lowest BCUT2D eigenvalue weighted by Crippen LogP contribution is -2.00. The van der Waals surface area contributed by atoms with Crippen molar-refractivity contribution >= 4 is 11.9 Å². The SMILES string of the molecule is CCOc1ccc(CCCCC(=O)O)c(CCCCC(=O)O)c1. The highest BCUT2D eigenvalue weighted by atomic mass is 16.5. The van der Waals surface area contributed by atoms with Crippen molar-refractivity contribution in [1.82, 2.24) is 0 Å². The first-order chi connectivity index (χ1) is 11.0. The minimum Gasteiger partial charge on any atom is -0.494 e. The van der Waals surface area contributed by atoms with Crippen LogP contribution in [-0.4, -0.2) is 28.8 Å². The van der Waals surface area contributed by atoms with Gasteiger partial charge < -0.3 is 14.9 Å². The summed E-state index contributed by atoms with van der Waals surface area (Å²) in [7, 11) is 0. The molecule has 1 aromatic carbocycles. The number of hydrogen-bond donors (Lipinski definition) is 2. The maximum Gasteiger partial charge on any atom is 0.303 e. The minimum absolute atomic E-state index is 0.194. The minimum atomic E-state index is -0.762. The fourth-order valence-corrected chi connectivity index (χ4v) is 2.52. The normalized spacial score (nSPS) is 10.5. The van der Waals surface area contributed by atoms with Crippen LogP contribution in [0.4, 0.5) is 0 Å². The molecule has 5 heteroatoms. The molecule has 0 spiro atoms. The number of carboxylic acid groups (broad SMARTS) is 2. The number of unbranched alkanes of at least 4 members (excludes halogenated alkanes) is 2. The topological polar surface area (TPSA) is 83.8 Å². The van der Waals surface area contributed by atoms with Crippen molar-refractivity contribution in [2.45, 2.75) is 58.3 Å². The maximum atomic E-state index is 10.6. The maximum absolute atomic E-state index is 10.6. The van der Waals surface area contributed by atoms with E-state index in [0.717, 1.165) is 31.4 Å². The third-order valence-corrected chi connectivity index (χ3v) is 3.66. The van der Waals surface area contributed by atoms with Gasteiger partial charge in [0.05, 0.1) is 6.61 Å². The van der Waals surface area contributed by atoms with E-state index in [4.69, 9.17) is 14.9 Å². The Kier molecular flexibility index (Phi) is 8.80. The molecular weight excluding hydrogens is 296 g/mol. The van der Waals surface area contributed by atoms with E-state index < -0.39 is 11.9 Å². The first kappa shape index (κ1) is 19.0. The Labute approximate surface area is 137 Å². The van der Waals surface area contributed by atoms with Gasteiger partial charge in [0.2, 0.25) is 0 Å². The molecule has 0 bridgehead atoms. The Morgan fingerprint density at radius 1 is 0.913 bits per heavy atom. The first-order valence-corrected chi connectivity index (χ1v) is 8.21. The molecule has 23 heavy (non-hydrogen) atoms. The van der Waals surface area contributed by atoms with E-state index in [9.17, 15) is 9.59 Å². The van der Waals surface area contributed by atoms with Crippen LogP contribution in [0.2, 0.25) is 0 Å². The Bertz CT molecular complexity index is 510. The van der Waals surface area contributed by atoms with E-state index in [1.165, 1.54) is 11.1 Å². The molecule has 0 aliphatic rings. The summed E-state index contributed by atoms with van der Waals surface area (Å²) in [6.45, 7) is 2.54. The molecule has 0 saturated carbocycles. The van der Waals surface area contributed by atoms with Crippen LogP contribution < -0.4 is 4.74 Å². The zero-order valence-corrected chi connectivity index (χ0v) is 13.7. The highest BCUT2D eigenvalue weighted by Gasteiger charge is 2.07. The lowest BCUT2D eigenvalue weighted by molar-refractivity contribution is -0.138. The molecule has 0 atom stereocenters. The van der Waals surface area contributed by atoms with Crippen LogP contribution in [0.5, 0.6) is 5.75 Å². The molecule has 5 nitrogen and oxygen atoms in total. The van der Waals surface area contributed by atoms with Crippen molar-refractivity contribution in [3.63, 3.8) is 0 Å². The number of aryl methyl sites for hydroxylation is 2. The second kappa shape index (κ2) is 10.6. The summed E-state index contributed by atoms with van der Waals surface area (Å²) in [5.41, 5.74) is 2.38. The lowest BCUT2D eigenvalue weighted by Gasteiger charge is -2.12. The molecular formula is C18H26O5. The molecule has 128 valence electrons. The van der Waals surface area contributed by atoms with Crippen molar-refractivity contribution < 1.29 is 24.5 Å². The summed E-state index contributed by atoms with van der Waals surface area (Å²) < 4.78 is 5.53. The number of hydrogen-bond acceptors (Lipinski definition) is 3. The smallest absolute Gasteiger partial charge is 0.303 e. The Morgan fingerprint density at radius 2 is 1.48 bits per heavy atom. The van der Waals surface area contributed by atoms with Gasteiger partial charge in [0.15, 0.2) is 0 Å². The highest BCUT2D eigenvalue weighted by Crippen LogP contribution is 2.22.